The molecule has 1 N–H and O–H groups in total. The zero-order chi connectivity index (χ0) is 17.6. The van der Waals surface area contributed by atoms with Crippen molar-refractivity contribution in [3.63, 3.8) is 0 Å². The predicted molar refractivity (Wildman–Crippen MR) is 100 cm³/mol. The van der Waals surface area contributed by atoms with Gasteiger partial charge in [0.1, 0.15) is 0 Å². The Balaban J connectivity index is 1.83. The minimum atomic E-state index is -0.264. The highest BCUT2D eigenvalue weighted by Gasteiger charge is 2.17. The van der Waals surface area contributed by atoms with Gasteiger partial charge in [0.25, 0.3) is 5.91 Å². The number of carbonyl (C=O) groups excluding carboxylic acids is 2. The molecule has 25 heavy (non-hydrogen) atoms. The van der Waals surface area contributed by atoms with Crippen LogP contribution in [0.3, 0.4) is 0 Å². The maximum Gasteiger partial charge on any atom is 0.251 e. The van der Waals surface area contributed by atoms with E-state index in [9.17, 15) is 9.59 Å². The van der Waals surface area contributed by atoms with Crippen LogP contribution in [0.4, 0.5) is 0 Å². The number of rotatable bonds is 5. The van der Waals surface area contributed by atoms with Gasteiger partial charge in [0, 0.05) is 28.0 Å². The average Bonchev–Trinajstić information content (AvgIpc) is 2.68. The first-order chi connectivity index (χ1) is 12.2. The Morgan fingerprint density at radius 2 is 1.28 bits per heavy atom. The Kier molecular flexibility index (Phi) is 5.31. The van der Waals surface area contributed by atoms with Crippen LogP contribution in [0.25, 0.3) is 0 Å². The second-order valence-electron chi connectivity index (χ2n) is 5.39. The maximum atomic E-state index is 12.8. The van der Waals surface area contributed by atoms with Gasteiger partial charge in [-0.2, -0.15) is 0 Å². The van der Waals surface area contributed by atoms with Crippen molar-refractivity contribution in [2.24, 2.45) is 0 Å². The number of amides is 1. The molecule has 0 heterocycles. The average molecular weight is 347 g/mol. The summed E-state index contributed by atoms with van der Waals surface area (Å²) in [6.07, 6.45) is 0. The highest BCUT2D eigenvalue weighted by Crippen LogP contribution is 2.27. The SMILES string of the molecule is CNC(=O)c1ccccc1C(=O)c1ccc(Sc2ccccc2)cc1. The summed E-state index contributed by atoms with van der Waals surface area (Å²) >= 11 is 1.64. The highest BCUT2D eigenvalue weighted by atomic mass is 32.2. The summed E-state index contributed by atoms with van der Waals surface area (Å²) in [5.41, 5.74) is 1.36. The molecule has 0 unspecified atom stereocenters. The molecule has 0 fully saturated rings. The molecule has 3 aromatic carbocycles. The molecular formula is C21H17NO2S. The largest absolute Gasteiger partial charge is 0.355 e. The molecule has 0 aliphatic carbocycles. The van der Waals surface area contributed by atoms with Crippen molar-refractivity contribution >= 4 is 23.5 Å². The number of nitrogens with one attached hydrogen (secondary N) is 1. The van der Waals surface area contributed by atoms with Crippen LogP contribution >= 0.6 is 11.8 Å². The van der Waals surface area contributed by atoms with Crippen LogP contribution in [0.5, 0.6) is 0 Å². The van der Waals surface area contributed by atoms with Gasteiger partial charge in [-0.1, -0.05) is 48.2 Å². The first-order valence-electron chi connectivity index (χ1n) is 7.88. The van der Waals surface area contributed by atoms with E-state index >= 15 is 0 Å². The molecule has 1 amide bonds. The summed E-state index contributed by atoms with van der Waals surface area (Å²) in [6, 6.07) is 24.4. The minimum Gasteiger partial charge on any atom is -0.355 e. The Labute approximate surface area is 151 Å². The van der Waals surface area contributed by atoms with Crippen LogP contribution in [0.2, 0.25) is 0 Å². The van der Waals surface area contributed by atoms with Gasteiger partial charge in [0.2, 0.25) is 0 Å². The van der Waals surface area contributed by atoms with Crippen molar-refractivity contribution in [3.8, 4) is 0 Å². The molecule has 0 atom stereocenters. The second-order valence-corrected chi connectivity index (χ2v) is 6.54. The Hall–Kier alpha value is -2.85. The molecule has 4 heteroatoms. The highest BCUT2D eigenvalue weighted by molar-refractivity contribution is 7.99. The third-order valence-electron chi connectivity index (χ3n) is 3.74. The van der Waals surface area contributed by atoms with Crippen LogP contribution in [0.1, 0.15) is 26.3 Å². The molecule has 0 aliphatic rings. The molecular weight excluding hydrogens is 330 g/mol. The van der Waals surface area contributed by atoms with Crippen molar-refractivity contribution in [2.75, 3.05) is 7.05 Å². The lowest BCUT2D eigenvalue weighted by molar-refractivity contribution is 0.0950. The third-order valence-corrected chi connectivity index (χ3v) is 4.75. The van der Waals surface area contributed by atoms with Gasteiger partial charge in [0.15, 0.2) is 5.78 Å². The summed E-state index contributed by atoms with van der Waals surface area (Å²) < 4.78 is 0. The lowest BCUT2D eigenvalue weighted by atomic mass is 9.98. The molecule has 0 aliphatic heterocycles. The first kappa shape index (κ1) is 17.0. The first-order valence-corrected chi connectivity index (χ1v) is 8.69. The lowest BCUT2D eigenvalue weighted by Gasteiger charge is -2.08. The van der Waals surface area contributed by atoms with Crippen LogP contribution in [-0.2, 0) is 0 Å². The summed E-state index contributed by atoms with van der Waals surface area (Å²) in [5, 5.41) is 2.57. The molecule has 0 aromatic heterocycles. The molecule has 3 aromatic rings. The van der Waals surface area contributed by atoms with Gasteiger partial charge in [-0.3, -0.25) is 9.59 Å². The predicted octanol–water partition coefficient (Wildman–Crippen LogP) is 4.43. The smallest absolute Gasteiger partial charge is 0.251 e. The number of ketones is 1. The second kappa shape index (κ2) is 7.81. The minimum absolute atomic E-state index is 0.157. The number of hydrogen-bond donors (Lipinski definition) is 1. The van der Waals surface area contributed by atoms with E-state index < -0.39 is 0 Å². The van der Waals surface area contributed by atoms with Crippen molar-refractivity contribution < 1.29 is 9.59 Å². The molecule has 0 bridgehead atoms. The fourth-order valence-corrected chi connectivity index (χ4v) is 3.31. The molecule has 0 radical (unpaired) electrons. The van der Waals surface area contributed by atoms with E-state index in [1.54, 1.807) is 55.2 Å². The number of benzene rings is 3. The summed E-state index contributed by atoms with van der Waals surface area (Å²) in [6.45, 7) is 0. The summed E-state index contributed by atoms with van der Waals surface area (Å²) in [4.78, 5) is 26.9. The molecule has 0 saturated heterocycles. The van der Waals surface area contributed by atoms with Crippen LogP contribution in [0, 0.1) is 0 Å². The monoisotopic (exact) mass is 347 g/mol. The van der Waals surface area contributed by atoms with Gasteiger partial charge in [-0.15, -0.1) is 0 Å². The van der Waals surface area contributed by atoms with Gasteiger partial charge in [-0.05, 0) is 42.5 Å². The van der Waals surface area contributed by atoms with Gasteiger partial charge in [0.05, 0.1) is 5.56 Å². The standard InChI is InChI=1S/C21H17NO2S/c1-22-21(24)19-10-6-5-9-18(19)20(23)15-11-13-17(14-12-15)25-16-7-3-2-4-8-16/h2-14H,1H3,(H,22,24). The summed E-state index contributed by atoms with van der Waals surface area (Å²) in [7, 11) is 1.55. The molecule has 3 rings (SSSR count). The Morgan fingerprint density at radius 1 is 0.720 bits per heavy atom. The normalized spacial score (nSPS) is 10.3. The fourth-order valence-electron chi connectivity index (χ4n) is 2.47. The molecule has 124 valence electrons. The van der Waals surface area contributed by atoms with Gasteiger partial charge in [-0.25, -0.2) is 0 Å². The molecule has 0 saturated carbocycles. The van der Waals surface area contributed by atoms with Gasteiger partial charge < -0.3 is 5.32 Å². The third kappa shape index (κ3) is 3.98. The van der Waals surface area contributed by atoms with E-state index in [0.29, 0.717) is 16.7 Å². The molecule has 3 nitrogen and oxygen atoms in total. The fraction of sp³-hybridized carbons (Fsp3) is 0.0476. The van der Waals surface area contributed by atoms with Crippen molar-refractivity contribution in [1.82, 2.24) is 5.32 Å². The summed E-state index contributed by atoms with van der Waals surface area (Å²) in [5.74, 6) is -0.421. The van der Waals surface area contributed by atoms with Crippen LogP contribution in [0.15, 0.2) is 88.7 Å². The topological polar surface area (TPSA) is 46.2 Å². The van der Waals surface area contributed by atoms with Crippen molar-refractivity contribution in [2.45, 2.75) is 9.79 Å². The van der Waals surface area contributed by atoms with E-state index in [0.717, 1.165) is 9.79 Å². The quantitative estimate of drug-likeness (QED) is 0.695. The lowest BCUT2D eigenvalue weighted by Crippen LogP contribution is -2.21. The Morgan fingerprint density at radius 3 is 1.92 bits per heavy atom. The van der Waals surface area contributed by atoms with E-state index in [-0.39, 0.29) is 11.7 Å². The van der Waals surface area contributed by atoms with E-state index in [1.165, 1.54) is 0 Å². The van der Waals surface area contributed by atoms with Crippen LogP contribution in [-0.4, -0.2) is 18.7 Å². The van der Waals surface area contributed by atoms with E-state index in [2.05, 4.69) is 5.32 Å². The van der Waals surface area contributed by atoms with Gasteiger partial charge >= 0.3 is 0 Å². The number of carbonyl (C=O) groups is 2. The maximum absolute atomic E-state index is 12.8. The van der Waals surface area contributed by atoms with Crippen molar-refractivity contribution in [1.29, 1.82) is 0 Å². The van der Waals surface area contributed by atoms with Crippen molar-refractivity contribution in [3.05, 3.63) is 95.6 Å². The Bertz CT molecular complexity index is 889. The zero-order valence-electron chi connectivity index (χ0n) is 13.7. The van der Waals surface area contributed by atoms with E-state index in [1.807, 2.05) is 42.5 Å². The number of hydrogen-bond acceptors (Lipinski definition) is 3. The molecule has 0 spiro atoms. The van der Waals surface area contributed by atoms with Crippen LogP contribution < -0.4 is 5.32 Å². The van der Waals surface area contributed by atoms with E-state index in [4.69, 9.17) is 0 Å². The zero-order valence-corrected chi connectivity index (χ0v) is 14.5.